The van der Waals surface area contributed by atoms with Crippen molar-refractivity contribution in [1.29, 1.82) is 0 Å². The van der Waals surface area contributed by atoms with Gasteiger partial charge in [-0.25, -0.2) is 17.5 Å². The number of sulfonamides is 1. The second-order valence-corrected chi connectivity index (χ2v) is 11.9. The van der Waals surface area contributed by atoms with Crippen molar-refractivity contribution in [2.24, 2.45) is 5.92 Å². The van der Waals surface area contributed by atoms with Gasteiger partial charge >= 0.3 is 0 Å². The maximum atomic E-state index is 13.6. The number of nitrogens with zero attached hydrogens (tertiary/aromatic N) is 6. The van der Waals surface area contributed by atoms with Crippen LogP contribution in [0, 0.1) is 25.2 Å². The molecule has 0 spiro atoms. The summed E-state index contributed by atoms with van der Waals surface area (Å²) in [6.07, 6.45) is 3.21. The zero-order chi connectivity index (χ0) is 27.0. The largest absolute Gasteiger partial charge is 0.360 e. The summed E-state index contributed by atoms with van der Waals surface area (Å²) < 4.78 is 44.0. The van der Waals surface area contributed by atoms with Gasteiger partial charge in [0.05, 0.1) is 17.4 Å². The van der Waals surface area contributed by atoms with Gasteiger partial charge in [-0.3, -0.25) is 4.90 Å². The van der Waals surface area contributed by atoms with Crippen LogP contribution in [-0.2, 0) is 10.0 Å². The molecule has 1 saturated heterocycles. The number of benzene rings is 2. The molecule has 0 N–H and O–H groups in total. The first-order chi connectivity index (χ1) is 18.2. The fraction of sp³-hybridized carbons (Fsp3) is 0.321. The van der Waals surface area contributed by atoms with E-state index >= 15 is 0 Å². The van der Waals surface area contributed by atoms with Gasteiger partial charge in [-0.1, -0.05) is 20.4 Å². The number of rotatable bonds is 6. The summed E-state index contributed by atoms with van der Waals surface area (Å²) in [5.41, 5.74) is 3.71. The third-order valence-corrected chi connectivity index (χ3v) is 8.80. The van der Waals surface area contributed by atoms with E-state index < -0.39 is 10.0 Å². The molecule has 1 aliphatic rings. The number of pyridine rings is 1. The molecule has 38 heavy (non-hydrogen) atoms. The maximum Gasteiger partial charge on any atom is 0.289 e. The van der Waals surface area contributed by atoms with Gasteiger partial charge in [0, 0.05) is 37.6 Å². The predicted octanol–water partition coefficient (Wildman–Crippen LogP) is 5.12. The first kappa shape index (κ1) is 26.0. The number of hydrogen-bond acceptors (Lipinski definition) is 5. The van der Waals surface area contributed by atoms with Gasteiger partial charge in [-0.05, 0) is 72.5 Å². The van der Waals surface area contributed by atoms with Gasteiger partial charge in [0.15, 0.2) is 0 Å². The predicted molar refractivity (Wildman–Crippen MR) is 144 cm³/mol. The summed E-state index contributed by atoms with van der Waals surface area (Å²) in [6.45, 7) is 15.7. The standard InChI is InChI=1S/C28H29FN6O2S/c1-19(2)17-33-12-13-34(38(36,37)27-6-5-11-31-28(27)30-4)18-26(33)24-15-21-16-32-35(25(21)14-20(24)3)23-9-7-22(29)8-10-23/h5-11,14-16,19,26H,12-13,17-18H2,1-3H3/t26-/m1/s1. The summed E-state index contributed by atoms with van der Waals surface area (Å²) in [5.74, 6) is -0.0158. The fourth-order valence-electron chi connectivity index (χ4n) is 5.15. The van der Waals surface area contributed by atoms with Crippen LogP contribution in [0.2, 0.25) is 0 Å². The maximum absolute atomic E-state index is 13.6. The Morgan fingerprint density at radius 3 is 2.63 bits per heavy atom. The lowest BCUT2D eigenvalue weighted by atomic mass is 9.96. The molecule has 196 valence electrons. The molecule has 0 aliphatic carbocycles. The minimum atomic E-state index is -3.91. The van der Waals surface area contributed by atoms with Crippen LogP contribution >= 0.6 is 0 Å². The number of hydrogen-bond donors (Lipinski definition) is 0. The van der Waals surface area contributed by atoms with Gasteiger partial charge in [0.2, 0.25) is 10.0 Å². The Hall–Kier alpha value is -3.65. The normalized spacial score (nSPS) is 17.2. The summed E-state index contributed by atoms with van der Waals surface area (Å²) in [5, 5.41) is 5.46. The van der Waals surface area contributed by atoms with Gasteiger partial charge in [0.25, 0.3) is 5.82 Å². The van der Waals surface area contributed by atoms with E-state index in [-0.39, 0.29) is 29.1 Å². The highest BCUT2D eigenvalue weighted by Gasteiger charge is 2.37. The number of fused-ring (bicyclic) bond motifs is 1. The Balaban J connectivity index is 1.54. The van der Waals surface area contributed by atoms with Crippen molar-refractivity contribution >= 4 is 26.7 Å². The average Bonchev–Trinajstić information content (AvgIpc) is 3.31. The molecule has 2 aromatic heterocycles. The lowest BCUT2D eigenvalue weighted by Gasteiger charge is -2.42. The van der Waals surface area contributed by atoms with E-state index in [1.54, 1.807) is 29.1 Å². The molecule has 1 aliphatic heterocycles. The summed E-state index contributed by atoms with van der Waals surface area (Å²) in [6, 6.07) is 13.2. The molecular weight excluding hydrogens is 503 g/mol. The molecule has 0 unspecified atom stereocenters. The lowest BCUT2D eigenvalue weighted by molar-refractivity contribution is 0.105. The Bertz CT molecular complexity index is 1630. The van der Waals surface area contributed by atoms with Crippen LogP contribution in [0.3, 0.4) is 0 Å². The number of piperazine rings is 1. The number of aromatic nitrogens is 3. The summed E-state index contributed by atoms with van der Waals surface area (Å²) in [4.78, 5) is 9.59. The zero-order valence-electron chi connectivity index (χ0n) is 21.5. The van der Waals surface area contributed by atoms with Crippen LogP contribution in [0.4, 0.5) is 10.2 Å². The van der Waals surface area contributed by atoms with Crippen LogP contribution in [-0.4, -0.2) is 58.6 Å². The summed E-state index contributed by atoms with van der Waals surface area (Å²) in [7, 11) is -3.91. The van der Waals surface area contributed by atoms with Gasteiger partial charge in [0.1, 0.15) is 16.9 Å². The minimum Gasteiger partial charge on any atom is -0.360 e. The Morgan fingerprint density at radius 1 is 1.16 bits per heavy atom. The first-order valence-corrected chi connectivity index (χ1v) is 13.9. The highest BCUT2D eigenvalue weighted by molar-refractivity contribution is 7.89. The van der Waals surface area contributed by atoms with Gasteiger partial charge < -0.3 is 4.85 Å². The summed E-state index contributed by atoms with van der Waals surface area (Å²) >= 11 is 0. The van der Waals surface area contributed by atoms with Gasteiger partial charge in [-0.15, -0.1) is 4.98 Å². The third-order valence-electron chi connectivity index (χ3n) is 6.91. The monoisotopic (exact) mass is 532 g/mol. The topological polar surface area (TPSA) is 75.7 Å². The molecule has 0 saturated carbocycles. The van der Waals surface area contributed by atoms with Crippen LogP contribution in [0.25, 0.3) is 21.4 Å². The Morgan fingerprint density at radius 2 is 1.92 bits per heavy atom. The number of halogens is 1. The molecule has 0 amide bonds. The van der Waals surface area contributed by atoms with E-state index in [1.807, 2.05) is 6.92 Å². The molecule has 3 heterocycles. The van der Waals surface area contributed by atoms with Crippen molar-refractivity contribution in [3.63, 3.8) is 0 Å². The Kier molecular flexibility index (Phi) is 7.01. The van der Waals surface area contributed by atoms with E-state index in [9.17, 15) is 12.8 Å². The van der Waals surface area contributed by atoms with Crippen LogP contribution in [0.5, 0.6) is 0 Å². The smallest absolute Gasteiger partial charge is 0.289 e. The molecular formula is C28H29FN6O2S. The van der Waals surface area contributed by atoms with Crippen molar-refractivity contribution in [2.75, 3.05) is 26.2 Å². The van der Waals surface area contributed by atoms with E-state index in [1.165, 1.54) is 28.7 Å². The second kappa shape index (κ2) is 10.3. The van der Waals surface area contributed by atoms with Crippen molar-refractivity contribution in [3.8, 4) is 5.69 Å². The molecule has 2 aromatic carbocycles. The molecule has 10 heteroatoms. The van der Waals surface area contributed by atoms with E-state index in [4.69, 9.17) is 6.57 Å². The Labute approximate surface area is 222 Å². The van der Waals surface area contributed by atoms with E-state index in [0.29, 0.717) is 19.0 Å². The fourth-order valence-corrected chi connectivity index (χ4v) is 6.66. The highest BCUT2D eigenvalue weighted by atomic mass is 32.2. The first-order valence-electron chi connectivity index (χ1n) is 12.5. The van der Waals surface area contributed by atoms with E-state index in [2.05, 4.69) is 45.8 Å². The van der Waals surface area contributed by atoms with Crippen LogP contribution in [0.1, 0.15) is 31.0 Å². The molecule has 8 nitrogen and oxygen atoms in total. The third kappa shape index (κ3) is 4.80. The molecule has 1 fully saturated rings. The SMILES string of the molecule is [C-]#[N+]c1ncccc1S(=O)(=O)N1CCN(CC(C)C)[C@@H](c2cc3cnn(-c4ccc(F)cc4)c3cc2C)C1. The minimum absolute atomic E-state index is 0.0567. The molecule has 4 aromatic rings. The van der Waals surface area contributed by atoms with Crippen LogP contribution < -0.4 is 0 Å². The second-order valence-electron chi connectivity index (χ2n) is 10.0. The average molecular weight is 533 g/mol. The molecule has 1 atom stereocenters. The zero-order valence-corrected chi connectivity index (χ0v) is 22.4. The molecule has 5 rings (SSSR count). The van der Waals surface area contributed by atoms with Gasteiger partial charge in [-0.2, -0.15) is 9.40 Å². The van der Waals surface area contributed by atoms with Crippen molar-refractivity contribution in [1.82, 2.24) is 24.0 Å². The lowest BCUT2D eigenvalue weighted by Crippen LogP contribution is -2.51. The van der Waals surface area contributed by atoms with Crippen molar-refractivity contribution in [3.05, 3.63) is 89.3 Å². The quantitative estimate of drug-likeness (QED) is 0.322. The number of aryl methyl sites for hydroxylation is 1. The van der Waals surface area contributed by atoms with E-state index in [0.717, 1.165) is 34.3 Å². The van der Waals surface area contributed by atoms with Crippen molar-refractivity contribution < 1.29 is 12.8 Å². The van der Waals surface area contributed by atoms with Crippen molar-refractivity contribution in [2.45, 2.75) is 31.7 Å². The molecule has 0 bridgehead atoms. The van der Waals surface area contributed by atoms with Crippen LogP contribution in [0.15, 0.2) is 65.8 Å². The highest BCUT2D eigenvalue weighted by Crippen LogP contribution is 2.35. The molecule has 0 radical (unpaired) electrons.